The van der Waals surface area contributed by atoms with Crippen LogP contribution in [0.5, 0.6) is 0 Å². The molecule has 5 heteroatoms. The Labute approximate surface area is 110 Å². The fourth-order valence-electron chi connectivity index (χ4n) is 1.71. The van der Waals surface area contributed by atoms with Crippen molar-refractivity contribution in [3.05, 3.63) is 28.8 Å². The van der Waals surface area contributed by atoms with Crippen molar-refractivity contribution in [2.45, 2.75) is 18.9 Å². The SMILES string of the molecule is Cc1ccc(Cl)c(NC(=O)C2(O)CCSC2)c1. The highest BCUT2D eigenvalue weighted by atomic mass is 35.5. The van der Waals surface area contributed by atoms with Crippen LogP contribution in [0.2, 0.25) is 5.02 Å². The van der Waals surface area contributed by atoms with Crippen LogP contribution in [-0.2, 0) is 4.79 Å². The standard InChI is InChI=1S/C12H14ClNO2S/c1-8-2-3-9(13)10(6-8)14-11(15)12(16)4-5-17-7-12/h2-3,6,16H,4-5,7H2,1H3,(H,14,15). The van der Waals surface area contributed by atoms with Crippen LogP contribution in [0.15, 0.2) is 18.2 Å². The van der Waals surface area contributed by atoms with E-state index in [-0.39, 0.29) is 5.91 Å². The van der Waals surface area contributed by atoms with E-state index >= 15 is 0 Å². The van der Waals surface area contributed by atoms with Crippen molar-refractivity contribution in [2.75, 3.05) is 16.8 Å². The number of nitrogens with one attached hydrogen (secondary N) is 1. The number of aryl methyl sites for hydroxylation is 1. The van der Waals surface area contributed by atoms with Crippen LogP contribution in [0.4, 0.5) is 5.69 Å². The van der Waals surface area contributed by atoms with E-state index in [1.165, 1.54) is 0 Å². The Morgan fingerprint density at radius 2 is 2.35 bits per heavy atom. The molecule has 17 heavy (non-hydrogen) atoms. The molecular formula is C12H14ClNO2S. The van der Waals surface area contributed by atoms with Crippen molar-refractivity contribution >= 4 is 35.0 Å². The normalized spacial score (nSPS) is 23.7. The van der Waals surface area contributed by atoms with Crippen molar-refractivity contribution < 1.29 is 9.90 Å². The molecule has 1 aromatic rings. The van der Waals surface area contributed by atoms with Crippen molar-refractivity contribution in [1.82, 2.24) is 0 Å². The summed E-state index contributed by atoms with van der Waals surface area (Å²) in [6.07, 6.45) is 0.493. The molecule has 1 saturated heterocycles. The highest BCUT2D eigenvalue weighted by molar-refractivity contribution is 7.99. The van der Waals surface area contributed by atoms with Gasteiger partial charge in [0.15, 0.2) is 5.60 Å². The Kier molecular flexibility index (Phi) is 3.66. The van der Waals surface area contributed by atoms with Gasteiger partial charge in [0.1, 0.15) is 0 Å². The van der Waals surface area contributed by atoms with Gasteiger partial charge in [0.2, 0.25) is 0 Å². The first-order valence-electron chi connectivity index (χ1n) is 5.39. The topological polar surface area (TPSA) is 49.3 Å². The molecule has 2 N–H and O–H groups in total. The number of amides is 1. The van der Waals surface area contributed by atoms with E-state index in [1.54, 1.807) is 23.9 Å². The first-order chi connectivity index (χ1) is 8.01. The molecule has 3 nitrogen and oxygen atoms in total. The van der Waals surface area contributed by atoms with E-state index in [1.807, 2.05) is 13.0 Å². The first-order valence-corrected chi connectivity index (χ1v) is 6.92. The number of hydrogen-bond donors (Lipinski definition) is 2. The molecule has 1 unspecified atom stereocenters. The quantitative estimate of drug-likeness (QED) is 0.869. The number of halogens is 1. The maximum Gasteiger partial charge on any atom is 0.257 e. The monoisotopic (exact) mass is 271 g/mol. The van der Waals surface area contributed by atoms with Crippen molar-refractivity contribution in [3.8, 4) is 0 Å². The van der Waals surface area contributed by atoms with Gasteiger partial charge in [-0.3, -0.25) is 4.79 Å². The molecule has 1 aromatic carbocycles. The van der Waals surface area contributed by atoms with Crippen LogP contribution < -0.4 is 5.32 Å². The summed E-state index contributed by atoms with van der Waals surface area (Å²) in [6.45, 7) is 1.92. The van der Waals surface area contributed by atoms with Crippen LogP contribution in [-0.4, -0.2) is 28.1 Å². The summed E-state index contributed by atoms with van der Waals surface area (Å²) in [6, 6.07) is 5.41. The van der Waals surface area contributed by atoms with Crippen LogP contribution in [0.1, 0.15) is 12.0 Å². The predicted octanol–water partition coefficient (Wildman–Crippen LogP) is 2.45. The number of anilines is 1. The molecule has 1 aliphatic rings. The second-order valence-electron chi connectivity index (χ2n) is 4.27. The zero-order valence-corrected chi connectivity index (χ0v) is 11.1. The Bertz CT molecular complexity index is 444. The molecule has 1 atom stereocenters. The molecule has 2 rings (SSSR count). The van der Waals surface area contributed by atoms with E-state index in [0.29, 0.717) is 22.9 Å². The second-order valence-corrected chi connectivity index (χ2v) is 5.78. The van der Waals surface area contributed by atoms with Crippen LogP contribution >= 0.6 is 23.4 Å². The van der Waals surface area contributed by atoms with Crippen LogP contribution in [0.3, 0.4) is 0 Å². The van der Waals surface area contributed by atoms with Gasteiger partial charge >= 0.3 is 0 Å². The number of hydrogen-bond acceptors (Lipinski definition) is 3. The Hall–Kier alpha value is -0.710. The zero-order chi connectivity index (χ0) is 12.5. The minimum Gasteiger partial charge on any atom is -0.379 e. The van der Waals surface area contributed by atoms with Crippen molar-refractivity contribution in [2.24, 2.45) is 0 Å². The maximum absolute atomic E-state index is 12.0. The summed E-state index contributed by atoms with van der Waals surface area (Å²) in [5, 5.41) is 13.3. The molecule has 1 amide bonds. The lowest BCUT2D eigenvalue weighted by Gasteiger charge is -2.20. The number of rotatable bonds is 2. The van der Waals surface area contributed by atoms with E-state index in [9.17, 15) is 9.90 Å². The molecule has 1 aliphatic heterocycles. The largest absolute Gasteiger partial charge is 0.379 e. The van der Waals surface area contributed by atoms with Gasteiger partial charge in [-0.05, 0) is 36.8 Å². The maximum atomic E-state index is 12.0. The molecule has 0 bridgehead atoms. The molecule has 0 aliphatic carbocycles. The molecule has 1 fully saturated rings. The third-order valence-corrected chi connectivity index (χ3v) is 4.30. The fourth-order valence-corrected chi connectivity index (χ4v) is 3.11. The molecule has 92 valence electrons. The molecule has 0 spiro atoms. The summed E-state index contributed by atoms with van der Waals surface area (Å²) in [5.74, 6) is 0.892. The number of aliphatic hydroxyl groups is 1. The molecule has 0 radical (unpaired) electrons. The summed E-state index contributed by atoms with van der Waals surface area (Å²) >= 11 is 7.57. The van der Waals surface area contributed by atoms with E-state index in [2.05, 4.69) is 5.32 Å². The smallest absolute Gasteiger partial charge is 0.257 e. The first kappa shape index (κ1) is 12.7. The fraction of sp³-hybridized carbons (Fsp3) is 0.417. The van der Waals surface area contributed by atoms with E-state index in [0.717, 1.165) is 11.3 Å². The van der Waals surface area contributed by atoms with Crippen molar-refractivity contribution in [3.63, 3.8) is 0 Å². The highest BCUT2D eigenvalue weighted by Crippen LogP contribution is 2.30. The molecule has 1 heterocycles. The van der Waals surface area contributed by atoms with Gasteiger partial charge in [0.05, 0.1) is 10.7 Å². The van der Waals surface area contributed by atoms with E-state index < -0.39 is 5.60 Å². The number of carbonyl (C=O) groups is 1. The average Bonchev–Trinajstić information content (AvgIpc) is 2.72. The van der Waals surface area contributed by atoms with Crippen LogP contribution in [0.25, 0.3) is 0 Å². The summed E-state index contributed by atoms with van der Waals surface area (Å²) in [7, 11) is 0. The van der Waals surface area contributed by atoms with Gasteiger partial charge in [0.25, 0.3) is 5.91 Å². The minimum absolute atomic E-state index is 0.366. The molecule has 0 aromatic heterocycles. The van der Waals surface area contributed by atoms with Crippen LogP contribution in [0, 0.1) is 6.92 Å². The number of thioether (sulfide) groups is 1. The summed E-state index contributed by atoms with van der Waals surface area (Å²) < 4.78 is 0. The zero-order valence-electron chi connectivity index (χ0n) is 9.50. The van der Waals surface area contributed by atoms with Gasteiger partial charge in [-0.2, -0.15) is 11.8 Å². The Morgan fingerprint density at radius 3 is 3.00 bits per heavy atom. The lowest BCUT2D eigenvalue weighted by atomic mass is 10.0. The average molecular weight is 272 g/mol. The van der Waals surface area contributed by atoms with Gasteiger partial charge in [0, 0.05) is 5.75 Å². The summed E-state index contributed by atoms with van der Waals surface area (Å²) in [5.41, 5.74) is 0.317. The van der Waals surface area contributed by atoms with E-state index in [4.69, 9.17) is 11.6 Å². The summed E-state index contributed by atoms with van der Waals surface area (Å²) in [4.78, 5) is 12.0. The third kappa shape index (κ3) is 2.76. The molecule has 0 saturated carbocycles. The third-order valence-electron chi connectivity index (χ3n) is 2.79. The second kappa shape index (κ2) is 4.88. The molecular weight excluding hydrogens is 258 g/mol. The minimum atomic E-state index is -1.25. The van der Waals surface area contributed by atoms with Crippen molar-refractivity contribution in [1.29, 1.82) is 0 Å². The number of carbonyl (C=O) groups excluding carboxylic acids is 1. The highest BCUT2D eigenvalue weighted by Gasteiger charge is 2.39. The number of benzene rings is 1. The van der Waals surface area contributed by atoms with Gasteiger partial charge in [-0.15, -0.1) is 0 Å². The van der Waals surface area contributed by atoms with Gasteiger partial charge < -0.3 is 10.4 Å². The Morgan fingerprint density at radius 1 is 1.59 bits per heavy atom. The predicted molar refractivity (Wildman–Crippen MR) is 71.7 cm³/mol. The lowest BCUT2D eigenvalue weighted by Crippen LogP contribution is -2.42. The van der Waals surface area contributed by atoms with Gasteiger partial charge in [-0.1, -0.05) is 17.7 Å². The van der Waals surface area contributed by atoms with Gasteiger partial charge in [-0.25, -0.2) is 0 Å². The Balaban J connectivity index is 2.15. The lowest BCUT2D eigenvalue weighted by molar-refractivity contribution is -0.131.